The highest BCUT2D eigenvalue weighted by atomic mass is 32.2. The Morgan fingerprint density at radius 3 is 2.58 bits per heavy atom. The maximum absolute atomic E-state index is 11.8. The van der Waals surface area contributed by atoms with E-state index < -0.39 is 10.0 Å². The summed E-state index contributed by atoms with van der Waals surface area (Å²) < 4.78 is 26.8. The SMILES string of the molecule is CN(C)S(=O)(=O)CCCN1C[C@H]2C[C@@H](n3cccn3)[C@H](O)C[C@H]2C1. The van der Waals surface area contributed by atoms with Crippen LogP contribution < -0.4 is 0 Å². The number of fused-ring (bicyclic) bond motifs is 1. The third kappa shape index (κ3) is 3.82. The van der Waals surface area contributed by atoms with Crippen LogP contribution in [0.25, 0.3) is 0 Å². The predicted octanol–water partition coefficient (Wildman–Crippen LogP) is 0.408. The largest absolute Gasteiger partial charge is 0.391 e. The molecule has 2 fully saturated rings. The fourth-order valence-corrected chi connectivity index (χ4v) is 4.96. The van der Waals surface area contributed by atoms with E-state index in [1.165, 1.54) is 4.31 Å². The van der Waals surface area contributed by atoms with Crippen LogP contribution in [0.15, 0.2) is 18.5 Å². The molecule has 4 atom stereocenters. The van der Waals surface area contributed by atoms with Crippen LogP contribution in [0.2, 0.25) is 0 Å². The van der Waals surface area contributed by atoms with Gasteiger partial charge in [0.25, 0.3) is 0 Å². The molecular formula is C16H28N4O3S. The van der Waals surface area contributed by atoms with Crippen molar-refractivity contribution in [1.82, 2.24) is 19.0 Å². The van der Waals surface area contributed by atoms with E-state index in [1.807, 2.05) is 16.9 Å². The van der Waals surface area contributed by atoms with Crippen molar-refractivity contribution in [2.24, 2.45) is 11.8 Å². The molecule has 0 amide bonds. The van der Waals surface area contributed by atoms with Gasteiger partial charge in [-0.15, -0.1) is 0 Å². The predicted molar refractivity (Wildman–Crippen MR) is 92.0 cm³/mol. The minimum Gasteiger partial charge on any atom is -0.391 e. The molecule has 2 heterocycles. The molecule has 0 bridgehead atoms. The molecule has 2 aliphatic rings. The maximum Gasteiger partial charge on any atom is 0.213 e. The summed E-state index contributed by atoms with van der Waals surface area (Å²) in [5.74, 6) is 1.27. The molecule has 1 N–H and O–H groups in total. The van der Waals surface area contributed by atoms with Crippen LogP contribution in [-0.2, 0) is 10.0 Å². The van der Waals surface area contributed by atoms with Gasteiger partial charge in [-0.2, -0.15) is 5.10 Å². The number of hydrogen-bond donors (Lipinski definition) is 1. The molecule has 7 nitrogen and oxygen atoms in total. The summed E-state index contributed by atoms with van der Waals surface area (Å²) in [6.07, 6.45) is 5.74. The van der Waals surface area contributed by atoms with E-state index >= 15 is 0 Å². The molecule has 1 aliphatic carbocycles. The number of aromatic nitrogens is 2. The average Bonchev–Trinajstić information content (AvgIpc) is 3.14. The van der Waals surface area contributed by atoms with Crippen LogP contribution >= 0.6 is 0 Å². The van der Waals surface area contributed by atoms with Crippen LogP contribution in [-0.4, -0.2) is 78.1 Å². The zero-order valence-electron chi connectivity index (χ0n) is 14.5. The normalized spacial score (nSPS) is 31.5. The third-order valence-corrected chi connectivity index (χ3v) is 7.40. The molecule has 1 saturated heterocycles. The summed E-state index contributed by atoms with van der Waals surface area (Å²) in [6.45, 7) is 2.77. The van der Waals surface area contributed by atoms with E-state index in [0.717, 1.165) is 32.5 Å². The number of nitrogens with zero attached hydrogens (tertiary/aromatic N) is 4. The topological polar surface area (TPSA) is 78.7 Å². The lowest BCUT2D eigenvalue weighted by atomic mass is 9.77. The van der Waals surface area contributed by atoms with Gasteiger partial charge in [-0.3, -0.25) is 4.68 Å². The second-order valence-corrected chi connectivity index (χ2v) is 9.63. The molecule has 3 rings (SSSR count). The molecule has 0 unspecified atom stereocenters. The lowest BCUT2D eigenvalue weighted by molar-refractivity contribution is 0.0306. The van der Waals surface area contributed by atoms with Crippen molar-refractivity contribution in [2.45, 2.75) is 31.4 Å². The van der Waals surface area contributed by atoms with E-state index in [9.17, 15) is 13.5 Å². The molecule has 1 saturated carbocycles. The lowest BCUT2D eigenvalue weighted by Crippen LogP contribution is -2.36. The van der Waals surface area contributed by atoms with Crippen molar-refractivity contribution >= 4 is 10.0 Å². The van der Waals surface area contributed by atoms with E-state index in [-0.39, 0.29) is 17.9 Å². The Morgan fingerprint density at radius 2 is 1.96 bits per heavy atom. The van der Waals surface area contributed by atoms with Crippen molar-refractivity contribution < 1.29 is 13.5 Å². The molecule has 0 radical (unpaired) electrons. The van der Waals surface area contributed by atoms with Crippen LogP contribution in [0.5, 0.6) is 0 Å². The second-order valence-electron chi connectivity index (χ2n) is 7.32. The smallest absolute Gasteiger partial charge is 0.213 e. The van der Waals surface area contributed by atoms with Gasteiger partial charge in [0.15, 0.2) is 0 Å². The third-order valence-electron chi connectivity index (χ3n) is 5.48. The molecule has 24 heavy (non-hydrogen) atoms. The molecule has 136 valence electrons. The van der Waals surface area contributed by atoms with Gasteiger partial charge in [0.05, 0.1) is 17.9 Å². The Kier molecular flexibility index (Phi) is 5.29. The molecule has 8 heteroatoms. The van der Waals surface area contributed by atoms with E-state index in [4.69, 9.17) is 0 Å². The molecular weight excluding hydrogens is 328 g/mol. The molecule has 1 aliphatic heterocycles. The molecule has 1 aromatic rings. The number of aliphatic hydroxyl groups excluding tert-OH is 1. The summed E-state index contributed by atoms with van der Waals surface area (Å²) in [4.78, 5) is 2.36. The highest BCUT2D eigenvalue weighted by Crippen LogP contribution is 2.41. The van der Waals surface area contributed by atoms with Crippen LogP contribution in [0.1, 0.15) is 25.3 Å². The Hall–Kier alpha value is -0.960. The highest BCUT2D eigenvalue weighted by Gasteiger charge is 2.42. The Bertz CT molecular complexity index is 632. The van der Waals surface area contributed by atoms with E-state index in [1.54, 1.807) is 20.3 Å². The van der Waals surface area contributed by atoms with Gasteiger partial charge >= 0.3 is 0 Å². The first-order valence-electron chi connectivity index (χ1n) is 8.66. The quantitative estimate of drug-likeness (QED) is 0.799. The lowest BCUT2D eigenvalue weighted by Gasteiger charge is -2.35. The summed E-state index contributed by atoms with van der Waals surface area (Å²) in [5, 5.41) is 14.7. The van der Waals surface area contributed by atoms with Crippen molar-refractivity contribution in [2.75, 3.05) is 39.5 Å². The Balaban J connectivity index is 1.52. The van der Waals surface area contributed by atoms with Gasteiger partial charge in [0.1, 0.15) is 0 Å². The number of rotatable bonds is 6. The minimum atomic E-state index is -3.11. The van der Waals surface area contributed by atoms with Crippen LogP contribution in [0.3, 0.4) is 0 Å². The Labute approximate surface area is 144 Å². The van der Waals surface area contributed by atoms with Crippen molar-refractivity contribution in [3.05, 3.63) is 18.5 Å². The second kappa shape index (κ2) is 7.11. The van der Waals surface area contributed by atoms with Gasteiger partial charge < -0.3 is 10.0 Å². The van der Waals surface area contributed by atoms with E-state index in [0.29, 0.717) is 18.3 Å². The molecule has 0 spiro atoms. The summed E-state index contributed by atoms with van der Waals surface area (Å²) >= 11 is 0. The summed E-state index contributed by atoms with van der Waals surface area (Å²) in [5.41, 5.74) is 0. The number of hydrogen-bond acceptors (Lipinski definition) is 5. The zero-order valence-corrected chi connectivity index (χ0v) is 15.3. The van der Waals surface area contributed by atoms with Gasteiger partial charge in [-0.05, 0) is 43.7 Å². The van der Waals surface area contributed by atoms with Crippen LogP contribution in [0.4, 0.5) is 0 Å². The van der Waals surface area contributed by atoms with Gasteiger partial charge in [0.2, 0.25) is 10.0 Å². The zero-order chi connectivity index (χ0) is 17.3. The number of aliphatic hydroxyl groups is 1. The molecule has 0 aromatic carbocycles. The van der Waals surface area contributed by atoms with E-state index in [2.05, 4.69) is 10.00 Å². The highest BCUT2D eigenvalue weighted by molar-refractivity contribution is 7.89. The van der Waals surface area contributed by atoms with Gasteiger partial charge in [0, 0.05) is 39.6 Å². The fourth-order valence-electron chi connectivity index (χ4n) is 4.10. The van der Waals surface area contributed by atoms with Gasteiger partial charge in [-0.25, -0.2) is 12.7 Å². The first-order valence-corrected chi connectivity index (χ1v) is 10.3. The van der Waals surface area contributed by atoms with Crippen molar-refractivity contribution in [1.29, 1.82) is 0 Å². The summed E-state index contributed by atoms with van der Waals surface area (Å²) in [6, 6.07) is 1.96. The maximum atomic E-state index is 11.8. The number of likely N-dealkylation sites (tertiary alicyclic amines) is 1. The van der Waals surface area contributed by atoms with Crippen LogP contribution in [0, 0.1) is 11.8 Å². The Morgan fingerprint density at radius 1 is 1.25 bits per heavy atom. The monoisotopic (exact) mass is 356 g/mol. The number of sulfonamides is 1. The standard InChI is InChI=1S/C16H28N4O3S/c1-18(2)24(22,23)8-4-6-19-11-13-9-15(20-7-3-5-17-20)16(21)10-14(13)12-19/h3,5,7,13-16,21H,4,6,8-12H2,1-2H3/t13-,14+,15-,16-/m1/s1. The first-order chi connectivity index (χ1) is 11.4. The fraction of sp³-hybridized carbons (Fsp3) is 0.812. The molecule has 1 aromatic heterocycles. The van der Waals surface area contributed by atoms with Crippen molar-refractivity contribution in [3.8, 4) is 0 Å². The average molecular weight is 356 g/mol. The van der Waals surface area contributed by atoms with Crippen molar-refractivity contribution in [3.63, 3.8) is 0 Å². The van der Waals surface area contributed by atoms with Gasteiger partial charge in [-0.1, -0.05) is 0 Å². The first kappa shape index (κ1) is 17.8. The summed E-state index contributed by atoms with van der Waals surface area (Å²) in [7, 11) is 0.0520. The minimum absolute atomic E-state index is 0.0651.